The Labute approximate surface area is 595 Å². The summed E-state index contributed by atoms with van der Waals surface area (Å²) in [6.45, 7) is 17.0. The lowest BCUT2D eigenvalue weighted by Gasteiger charge is -2.42. The van der Waals surface area contributed by atoms with Crippen LogP contribution in [0.3, 0.4) is 0 Å². The number of likely N-dealkylation sites (tertiary alicyclic amines) is 3. The van der Waals surface area contributed by atoms with Crippen LogP contribution in [0.1, 0.15) is 133 Å². The van der Waals surface area contributed by atoms with Crippen LogP contribution >= 0.6 is 37.2 Å². The van der Waals surface area contributed by atoms with Crippen LogP contribution in [0.15, 0.2) is 0 Å². The summed E-state index contributed by atoms with van der Waals surface area (Å²) in [6.07, 6.45) is 3.85. The first-order valence-electron chi connectivity index (χ1n) is 31.9. The highest BCUT2D eigenvalue weighted by Gasteiger charge is 2.55. The Hall–Kier alpha value is -2.09. The van der Waals surface area contributed by atoms with Gasteiger partial charge < -0.3 is 64.3 Å². The van der Waals surface area contributed by atoms with E-state index in [4.69, 9.17) is 5.02 Å². The molecule has 98 heavy (non-hydrogen) atoms. The van der Waals surface area contributed by atoms with Gasteiger partial charge in [-0.25, -0.2) is 43.9 Å². The first kappa shape index (κ1) is 100. The van der Waals surface area contributed by atoms with E-state index in [1.807, 2.05) is 19.3 Å². The van der Waals surface area contributed by atoms with Crippen LogP contribution in [0.2, 0.25) is 27.3 Å². The number of nitrogens with one attached hydrogen (secondary N) is 2. The summed E-state index contributed by atoms with van der Waals surface area (Å²) in [7, 11) is 1.07. The monoisotopic (exact) mass is 1500 g/mol. The molecule has 8 N–H and O–H groups in total. The van der Waals surface area contributed by atoms with Gasteiger partial charge in [-0.1, -0.05) is 22.3 Å². The Kier molecular flexibility index (Phi) is 43.7. The van der Waals surface area contributed by atoms with Crippen molar-refractivity contribution in [2.75, 3.05) is 106 Å². The van der Waals surface area contributed by atoms with Gasteiger partial charge in [0.25, 0.3) is 29.6 Å². The van der Waals surface area contributed by atoms with Gasteiger partial charge in [0.2, 0.25) is 0 Å². The Morgan fingerprint density at radius 1 is 0.469 bits per heavy atom. The zero-order chi connectivity index (χ0) is 69.7. The topological polar surface area (TPSA) is 264 Å². The molecule has 9 rings (SSSR count). The molecule has 0 aliphatic carbocycles. The number of carbonyl (C=O) groups excluding carboxylic acids is 4. The fourth-order valence-electron chi connectivity index (χ4n) is 13.4. The third-order valence-electron chi connectivity index (χ3n) is 18.5. The van der Waals surface area contributed by atoms with Crippen molar-refractivity contribution in [3.05, 3.63) is 0 Å². The molecule has 5 atom stereocenters. The number of methoxy groups -OCH3 is 3. The second-order valence-corrected chi connectivity index (χ2v) is 27.0. The summed E-state index contributed by atoms with van der Waals surface area (Å²) >= 11 is 0. The highest BCUT2D eigenvalue weighted by molar-refractivity contribution is 6.46. The molecule has 0 amide bonds. The van der Waals surface area contributed by atoms with E-state index < -0.39 is 149 Å². The molecule has 9 saturated heterocycles. The summed E-state index contributed by atoms with van der Waals surface area (Å²) in [5.74, 6) is -15.5. The lowest BCUT2D eigenvalue weighted by Crippen LogP contribution is -2.54. The van der Waals surface area contributed by atoms with E-state index in [1.54, 1.807) is 58.0 Å². The number of carbonyl (C=O) groups is 4. The molecule has 9 fully saturated rings. The highest BCUT2D eigenvalue weighted by Crippen LogP contribution is 2.42. The van der Waals surface area contributed by atoms with Crippen LogP contribution in [-0.2, 0) is 33.4 Å². The van der Waals surface area contributed by atoms with Crippen LogP contribution in [-0.4, -0.2) is 312 Å². The van der Waals surface area contributed by atoms with Crippen molar-refractivity contribution in [1.82, 2.24) is 44.6 Å². The molecule has 0 aromatic rings. The van der Waals surface area contributed by atoms with Gasteiger partial charge in [-0.3, -0.25) is 44.0 Å². The van der Waals surface area contributed by atoms with Gasteiger partial charge in [-0.2, -0.15) is 0 Å². The standard InChI is InChI=1S/C13H25BF2N2O2.C12H21BF2N2O3.C12H22F2N2O.C7H12BF2NO3.C6H12BNO2.C6H9F2NO2.3CH4.3ClH/c1-12(2,19)11-8-13(15,16)9-18(11)10-4-6-17(7-5-10)14(3)20;1-13(19)16-5-3-9(4-6-16)17-8-12(14,15)7-10(17)11(18)20-2;1-11(2,17)10-7-12(13,14)8-16(10)9-3-5-15-6-4-9;1-8(13)11-4-7(9,10)3-5(11)6(12)14-2;1-7(10)8-4-2-6(9)3-5-8;1-11-5(10)4-2-6(7,8)3-9-4;;;;;;/h10-11,19-20H,4-9H2,1-3H3;9-10,19H,3-8H2,1-2H3;9-10,15,17H,3-8H2,1-2H3;5,13H,3-4H2,1-2H3;10H,2-5H2,1H3;4,9H,2-3H2,1H3;3*1H4;3*1H/t11-;2*10-;5-;;4-;;;;;;/m1111.1....../s1. The number of rotatable bonds is 12. The van der Waals surface area contributed by atoms with Crippen molar-refractivity contribution in [3.8, 4) is 0 Å². The molecule has 0 unspecified atom stereocenters. The predicted molar refractivity (Wildman–Crippen MR) is 368 cm³/mol. The number of ketones is 1. The molecule has 578 valence electrons. The zero-order valence-corrected chi connectivity index (χ0v) is 58.9. The van der Waals surface area contributed by atoms with Gasteiger partial charge in [0, 0.05) is 75.2 Å². The van der Waals surface area contributed by atoms with Crippen LogP contribution in [0, 0.1) is 0 Å². The molecular weight excluding hydrogens is 1380 g/mol. The number of alkyl halides is 10. The van der Waals surface area contributed by atoms with Crippen LogP contribution in [0.25, 0.3) is 0 Å². The Morgan fingerprint density at radius 3 is 1.14 bits per heavy atom. The number of aliphatic hydroxyl groups is 2. The van der Waals surface area contributed by atoms with Crippen LogP contribution in [0.4, 0.5) is 43.9 Å². The van der Waals surface area contributed by atoms with Gasteiger partial charge >= 0.3 is 46.1 Å². The number of Topliss-reactive ketones (excluding diaryl/α,β-unsaturated/α-hetero) is 1. The number of nitrogens with zero attached hydrogens (tertiary/aromatic N) is 7. The minimum atomic E-state index is -2.93. The lowest BCUT2D eigenvalue weighted by atomic mass is 9.82. The normalized spacial score (nSPS) is 26.6. The van der Waals surface area contributed by atoms with Crippen molar-refractivity contribution < 1.29 is 108 Å². The molecule has 39 heteroatoms. The van der Waals surface area contributed by atoms with E-state index in [9.17, 15) is 88.4 Å². The number of hydrogen-bond acceptors (Lipinski definition) is 22. The Balaban J connectivity index is -0.00000111. The van der Waals surface area contributed by atoms with Gasteiger partial charge in [-0.15, -0.1) is 37.2 Å². The Bertz CT molecular complexity index is 2320. The maximum Gasteiger partial charge on any atom is 0.377 e. The summed E-state index contributed by atoms with van der Waals surface area (Å²) in [4.78, 5) is 56.2. The van der Waals surface area contributed by atoms with E-state index in [0.717, 1.165) is 63.8 Å². The second kappa shape index (κ2) is 42.8. The Morgan fingerprint density at radius 2 is 0.796 bits per heavy atom. The first-order chi connectivity index (χ1) is 42.4. The smallest absolute Gasteiger partial charge is 0.377 e. The number of esters is 3. The fourth-order valence-corrected chi connectivity index (χ4v) is 13.4. The number of halogens is 13. The molecule has 0 spiro atoms. The van der Waals surface area contributed by atoms with E-state index in [0.29, 0.717) is 57.6 Å². The number of ether oxygens (including phenoxy) is 3. The minimum Gasteiger partial charge on any atom is -0.468 e. The van der Waals surface area contributed by atoms with E-state index in [-0.39, 0.29) is 110 Å². The summed E-state index contributed by atoms with van der Waals surface area (Å²) in [5.41, 5.74) is -2.19. The summed E-state index contributed by atoms with van der Waals surface area (Å²) in [5, 5.41) is 63.2. The third kappa shape index (κ3) is 31.3. The fraction of sp³-hybridized carbons (Fsp3) is 0.932. The highest BCUT2D eigenvalue weighted by atomic mass is 35.5. The van der Waals surface area contributed by atoms with Gasteiger partial charge in [0.05, 0.1) is 65.3 Å². The minimum absolute atomic E-state index is 0. The predicted octanol–water partition coefficient (Wildman–Crippen LogP) is 5.78. The number of hydrogen-bond donors (Lipinski definition) is 8. The van der Waals surface area contributed by atoms with Gasteiger partial charge in [0.15, 0.2) is 0 Å². The average Bonchev–Trinajstić information content (AvgIpc) is 1.66. The van der Waals surface area contributed by atoms with E-state index in [2.05, 4.69) is 24.8 Å². The SMILES string of the molecule is C.C.C.CB(O)N1CCC(=O)CC1.CB(O)N1CCC(N2CC(F)(F)C[C@@H]2C(C)(C)O)CC1.CC(C)(O)[C@H]1CC(F)(F)CN1C1CCNCC1.COC(=O)[C@H]1CC(F)(F)CN1.COC(=O)[C@H]1CC(F)(F)CN1B(C)O.COC(=O)[C@H]1CC(F)(F)CN1C1CCN(B(C)O)CC1.Cl.Cl.Cl. The molecule has 0 saturated carbocycles. The van der Waals surface area contributed by atoms with E-state index >= 15 is 0 Å². The molecule has 9 aliphatic heterocycles. The third-order valence-corrected chi connectivity index (χ3v) is 18.5. The first-order valence-corrected chi connectivity index (χ1v) is 31.9. The molecule has 0 radical (unpaired) electrons. The summed E-state index contributed by atoms with van der Waals surface area (Å²) in [6, 6.07) is -3.47. The van der Waals surface area contributed by atoms with Crippen molar-refractivity contribution >= 4 is 89.1 Å². The van der Waals surface area contributed by atoms with Crippen LogP contribution in [0.5, 0.6) is 0 Å². The molecule has 22 nitrogen and oxygen atoms in total. The zero-order valence-electron chi connectivity index (χ0n) is 56.5. The van der Waals surface area contributed by atoms with Crippen LogP contribution < -0.4 is 10.6 Å². The molecule has 9 heterocycles. The van der Waals surface area contributed by atoms with Gasteiger partial charge in [-0.05, 0) is 146 Å². The molecule has 0 aromatic heterocycles. The largest absolute Gasteiger partial charge is 0.468 e. The molecule has 0 aromatic carbocycles. The molecular formula is C59H116B4Cl3F10N9O13. The van der Waals surface area contributed by atoms with E-state index in [1.165, 1.54) is 21.0 Å². The van der Waals surface area contributed by atoms with Crippen molar-refractivity contribution in [2.45, 2.75) is 250 Å². The summed E-state index contributed by atoms with van der Waals surface area (Å²) < 4.78 is 146. The maximum atomic E-state index is 13.7. The van der Waals surface area contributed by atoms with Crippen molar-refractivity contribution in [2.24, 2.45) is 0 Å². The second-order valence-electron chi connectivity index (χ2n) is 27.0. The van der Waals surface area contributed by atoms with Crippen molar-refractivity contribution in [1.29, 1.82) is 0 Å². The molecule has 9 aliphatic rings. The van der Waals surface area contributed by atoms with Gasteiger partial charge in [0.1, 0.15) is 23.9 Å². The maximum absolute atomic E-state index is 13.7. The molecule has 0 bridgehead atoms. The average molecular weight is 1500 g/mol. The number of piperidine rings is 4. The quantitative estimate of drug-likeness (QED) is 0.0499. The lowest BCUT2D eigenvalue weighted by molar-refractivity contribution is -0.147. The van der Waals surface area contributed by atoms with Crippen molar-refractivity contribution in [3.63, 3.8) is 0 Å².